The molecule has 142 valence electrons. The molecule has 0 bridgehead atoms. The molecule has 26 heavy (non-hydrogen) atoms. The minimum absolute atomic E-state index is 0. The third kappa shape index (κ3) is 5.44. The number of hydrogen-bond acceptors (Lipinski definition) is 3. The van der Waals surface area contributed by atoms with E-state index in [0.29, 0.717) is 0 Å². The van der Waals surface area contributed by atoms with Crippen molar-refractivity contribution in [2.24, 2.45) is 4.99 Å². The Kier molecular flexibility index (Phi) is 8.37. The molecule has 0 saturated carbocycles. The highest BCUT2D eigenvalue weighted by molar-refractivity contribution is 14.0. The second kappa shape index (κ2) is 10.5. The number of aryl methyl sites for hydroxylation is 2. The number of nitrogens with one attached hydrogen (secondary N) is 1. The van der Waals surface area contributed by atoms with Crippen molar-refractivity contribution in [1.29, 1.82) is 0 Å². The van der Waals surface area contributed by atoms with Gasteiger partial charge in [0.15, 0.2) is 5.96 Å². The molecule has 1 aliphatic heterocycles. The van der Waals surface area contributed by atoms with Gasteiger partial charge in [-0.15, -0.1) is 24.0 Å². The predicted octanol–water partition coefficient (Wildman–Crippen LogP) is 2.85. The van der Waals surface area contributed by atoms with Crippen molar-refractivity contribution in [2.75, 3.05) is 33.3 Å². The lowest BCUT2D eigenvalue weighted by Gasteiger charge is -2.35. The summed E-state index contributed by atoms with van der Waals surface area (Å²) in [4.78, 5) is 10.8. The van der Waals surface area contributed by atoms with E-state index in [1.807, 2.05) is 25.8 Å². The number of halogens is 1. The summed E-state index contributed by atoms with van der Waals surface area (Å²) in [7, 11) is 1.84. The molecular formula is C19H28IN5O. The fraction of sp³-hybridized carbons (Fsp3) is 0.474. The van der Waals surface area contributed by atoms with E-state index in [9.17, 15) is 0 Å². The Labute approximate surface area is 172 Å². The Morgan fingerprint density at radius 3 is 2.96 bits per heavy atom. The van der Waals surface area contributed by atoms with Crippen molar-refractivity contribution in [1.82, 2.24) is 19.8 Å². The van der Waals surface area contributed by atoms with Crippen LogP contribution in [0.3, 0.4) is 0 Å². The van der Waals surface area contributed by atoms with Gasteiger partial charge >= 0.3 is 0 Å². The maximum absolute atomic E-state index is 6.01. The van der Waals surface area contributed by atoms with Gasteiger partial charge in [0.1, 0.15) is 6.10 Å². The maximum Gasteiger partial charge on any atom is 0.193 e. The quantitative estimate of drug-likeness (QED) is 0.317. The lowest BCUT2D eigenvalue weighted by molar-refractivity contribution is -0.00830. The molecule has 6 nitrogen and oxygen atoms in total. The number of imidazole rings is 1. The molecule has 0 radical (unpaired) electrons. The summed E-state index contributed by atoms with van der Waals surface area (Å²) in [6.07, 6.45) is 6.78. The fourth-order valence-corrected chi connectivity index (χ4v) is 3.19. The molecule has 0 spiro atoms. The zero-order valence-corrected chi connectivity index (χ0v) is 17.8. The molecule has 1 fully saturated rings. The summed E-state index contributed by atoms with van der Waals surface area (Å²) in [5.74, 6) is 0.951. The van der Waals surface area contributed by atoms with Crippen molar-refractivity contribution >= 4 is 29.9 Å². The molecule has 1 atom stereocenters. The molecule has 0 amide bonds. The largest absolute Gasteiger partial charge is 0.370 e. The number of benzene rings is 1. The van der Waals surface area contributed by atoms with Crippen LogP contribution in [0.1, 0.15) is 23.7 Å². The van der Waals surface area contributed by atoms with E-state index in [1.165, 1.54) is 11.1 Å². The zero-order valence-electron chi connectivity index (χ0n) is 15.5. The molecule has 2 aromatic rings. The first kappa shape index (κ1) is 20.7. The summed E-state index contributed by atoms with van der Waals surface area (Å²) in [6, 6.07) is 8.44. The third-order valence-corrected chi connectivity index (χ3v) is 4.55. The lowest BCUT2D eigenvalue weighted by Crippen LogP contribution is -2.48. The van der Waals surface area contributed by atoms with E-state index in [4.69, 9.17) is 4.74 Å². The fourth-order valence-electron chi connectivity index (χ4n) is 3.19. The number of hydrogen-bond donors (Lipinski definition) is 1. The molecule has 1 unspecified atom stereocenters. The highest BCUT2D eigenvalue weighted by Crippen LogP contribution is 2.24. The maximum atomic E-state index is 6.01. The van der Waals surface area contributed by atoms with Crippen LogP contribution >= 0.6 is 24.0 Å². The van der Waals surface area contributed by atoms with Gasteiger partial charge in [0.2, 0.25) is 0 Å². The Morgan fingerprint density at radius 2 is 2.23 bits per heavy atom. The topological polar surface area (TPSA) is 54.7 Å². The number of guanidine groups is 1. The second-order valence-corrected chi connectivity index (χ2v) is 6.29. The first-order valence-electron chi connectivity index (χ1n) is 8.86. The monoisotopic (exact) mass is 469 g/mol. The number of ether oxygens (including phenoxy) is 1. The van der Waals surface area contributed by atoms with E-state index in [1.54, 1.807) is 0 Å². The minimum atomic E-state index is 0. The van der Waals surface area contributed by atoms with Crippen LogP contribution in [0.15, 0.2) is 48.0 Å². The van der Waals surface area contributed by atoms with Crippen LogP contribution in [-0.4, -0.2) is 53.7 Å². The van der Waals surface area contributed by atoms with E-state index in [2.05, 4.69) is 55.9 Å². The molecule has 1 aromatic heterocycles. The molecule has 2 heterocycles. The molecule has 3 rings (SSSR count). The highest BCUT2D eigenvalue weighted by Gasteiger charge is 2.24. The molecule has 1 N–H and O–H groups in total. The standard InChI is InChI=1S/C19H27N5O.HI/c1-16-6-3-4-7-17(16)18-14-24(12-13-25-18)19(20-2)22-8-5-10-23-11-9-21-15-23;/h3-4,6-7,9,11,15,18H,5,8,10,12-14H2,1-2H3,(H,20,22);1H. The van der Waals surface area contributed by atoms with Gasteiger partial charge in [-0.2, -0.15) is 0 Å². The molecule has 1 aliphatic rings. The smallest absolute Gasteiger partial charge is 0.193 e. The van der Waals surface area contributed by atoms with Gasteiger partial charge in [-0.05, 0) is 24.5 Å². The Balaban J connectivity index is 0.00000243. The minimum Gasteiger partial charge on any atom is -0.370 e. The molecular weight excluding hydrogens is 441 g/mol. The zero-order chi connectivity index (χ0) is 17.5. The summed E-state index contributed by atoms with van der Waals surface area (Å²) < 4.78 is 8.10. The van der Waals surface area contributed by atoms with Crippen molar-refractivity contribution in [3.8, 4) is 0 Å². The van der Waals surface area contributed by atoms with Crippen molar-refractivity contribution in [3.05, 3.63) is 54.1 Å². The van der Waals surface area contributed by atoms with Gasteiger partial charge in [-0.3, -0.25) is 4.99 Å². The summed E-state index contributed by atoms with van der Waals surface area (Å²) in [5.41, 5.74) is 2.54. The van der Waals surface area contributed by atoms with Crippen LogP contribution in [0.4, 0.5) is 0 Å². The van der Waals surface area contributed by atoms with Crippen LogP contribution in [0.25, 0.3) is 0 Å². The Morgan fingerprint density at radius 1 is 1.38 bits per heavy atom. The van der Waals surface area contributed by atoms with Gasteiger partial charge in [0.25, 0.3) is 0 Å². The Bertz CT molecular complexity index is 689. The van der Waals surface area contributed by atoms with Crippen LogP contribution in [-0.2, 0) is 11.3 Å². The van der Waals surface area contributed by atoms with Crippen molar-refractivity contribution in [2.45, 2.75) is 26.0 Å². The third-order valence-electron chi connectivity index (χ3n) is 4.55. The van der Waals surface area contributed by atoms with Gasteiger partial charge in [-0.1, -0.05) is 24.3 Å². The molecule has 7 heteroatoms. The average molecular weight is 469 g/mol. The first-order valence-corrected chi connectivity index (χ1v) is 8.86. The number of morpholine rings is 1. The molecule has 0 aliphatic carbocycles. The van der Waals surface area contributed by atoms with Gasteiger partial charge in [0, 0.05) is 39.1 Å². The van der Waals surface area contributed by atoms with Gasteiger partial charge in [-0.25, -0.2) is 4.98 Å². The summed E-state index contributed by atoms with van der Waals surface area (Å²) >= 11 is 0. The van der Waals surface area contributed by atoms with E-state index < -0.39 is 0 Å². The summed E-state index contributed by atoms with van der Waals surface area (Å²) in [6.45, 7) is 6.39. The first-order chi connectivity index (χ1) is 12.3. The lowest BCUT2D eigenvalue weighted by atomic mass is 10.0. The van der Waals surface area contributed by atoms with Gasteiger partial charge < -0.3 is 19.5 Å². The SMILES string of the molecule is CN=C(NCCCn1ccnc1)N1CCOC(c2ccccc2C)C1.I. The predicted molar refractivity (Wildman–Crippen MR) is 115 cm³/mol. The van der Waals surface area contributed by atoms with Crippen LogP contribution in [0.5, 0.6) is 0 Å². The number of rotatable bonds is 5. The normalized spacial score (nSPS) is 17.7. The highest BCUT2D eigenvalue weighted by atomic mass is 127. The van der Waals surface area contributed by atoms with Crippen LogP contribution in [0.2, 0.25) is 0 Å². The van der Waals surface area contributed by atoms with E-state index >= 15 is 0 Å². The number of aliphatic imine (C=N–C) groups is 1. The second-order valence-electron chi connectivity index (χ2n) is 6.29. The van der Waals surface area contributed by atoms with Crippen LogP contribution < -0.4 is 5.32 Å². The molecule has 1 aromatic carbocycles. The van der Waals surface area contributed by atoms with Crippen molar-refractivity contribution in [3.63, 3.8) is 0 Å². The van der Waals surface area contributed by atoms with E-state index in [-0.39, 0.29) is 30.1 Å². The van der Waals surface area contributed by atoms with E-state index in [0.717, 1.165) is 45.2 Å². The average Bonchev–Trinajstić information content (AvgIpc) is 3.16. The van der Waals surface area contributed by atoms with Gasteiger partial charge in [0.05, 0.1) is 19.5 Å². The number of aromatic nitrogens is 2. The Hall–Kier alpha value is -1.61. The summed E-state index contributed by atoms with van der Waals surface area (Å²) in [5, 5.41) is 3.47. The van der Waals surface area contributed by atoms with Crippen molar-refractivity contribution < 1.29 is 4.74 Å². The number of nitrogens with zero attached hydrogens (tertiary/aromatic N) is 4. The van der Waals surface area contributed by atoms with Crippen LogP contribution in [0, 0.1) is 6.92 Å². The molecule has 1 saturated heterocycles.